The summed E-state index contributed by atoms with van der Waals surface area (Å²) in [6.45, 7) is 2.22. The van der Waals surface area contributed by atoms with E-state index in [1.165, 1.54) is 47.3 Å². The summed E-state index contributed by atoms with van der Waals surface area (Å²) in [6, 6.07) is 7.86. The van der Waals surface area contributed by atoms with E-state index in [9.17, 15) is 27.1 Å². The van der Waals surface area contributed by atoms with Crippen molar-refractivity contribution in [2.75, 3.05) is 13.2 Å². The molecule has 6 nitrogen and oxygen atoms in total. The van der Waals surface area contributed by atoms with Crippen LogP contribution >= 0.6 is 11.8 Å². The monoisotopic (exact) mass is 567 g/mol. The third-order valence-electron chi connectivity index (χ3n) is 6.14. The minimum Gasteiger partial charge on any atom is -0.382 e. The van der Waals surface area contributed by atoms with Crippen LogP contribution in [0, 0.1) is 11.6 Å². The molecule has 3 aromatic rings. The molecule has 0 bridgehead atoms. The minimum absolute atomic E-state index is 0.0577. The van der Waals surface area contributed by atoms with E-state index in [1.807, 2.05) is 0 Å². The molecule has 0 amide bonds. The highest BCUT2D eigenvalue weighted by Gasteiger charge is 2.41. The first-order valence-electron chi connectivity index (χ1n) is 12.0. The Kier molecular flexibility index (Phi) is 9.21. The van der Waals surface area contributed by atoms with Gasteiger partial charge in [0.2, 0.25) is 0 Å². The second-order valence-electron chi connectivity index (χ2n) is 8.94. The Labute approximate surface area is 226 Å². The first kappa shape index (κ1) is 28.9. The van der Waals surface area contributed by atoms with Gasteiger partial charge in [-0.25, -0.2) is 18.4 Å². The summed E-state index contributed by atoms with van der Waals surface area (Å²) in [5, 5.41) is 14.9. The number of alkyl halides is 3. The molecule has 12 heteroatoms. The van der Waals surface area contributed by atoms with E-state index in [0.29, 0.717) is 5.56 Å². The van der Waals surface area contributed by atoms with Gasteiger partial charge >= 0.3 is 6.18 Å². The molecule has 1 aliphatic heterocycles. The summed E-state index contributed by atoms with van der Waals surface area (Å²) in [6.07, 6.45) is 4.36. The van der Waals surface area contributed by atoms with Crippen LogP contribution in [0.15, 0.2) is 73.3 Å². The first-order chi connectivity index (χ1) is 18.5. The lowest BCUT2D eigenvalue weighted by atomic mass is 9.90. The molecule has 2 aromatic carbocycles. The summed E-state index contributed by atoms with van der Waals surface area (Å²) in [4.78, 5) is 3.87. The second kappa shape index (κ2) is 12.4. The van der Waals surface area contributed by atoms with Gasteiger partial charge in [0.25, 0.3) is 0 Å². The second-order valence-corrected chi connectivity index (χ2v) is 10.6. The summed E-state index contributed by atoms with van der Waals surface area (Å²) in [7, 11) is 0. The van der Waals surface area contributed by atoms with Crippen molar-refractivity contribution in [3.05, 3.63) is 102 Å². The van der Waals surface area contributed by atoms with Gasteiger partial charge in [0.15, 0.2) is 6.29 Å². The van der Waals surface area contributed by atoms with Crippen LogP contribution in [0.5, 0.6) is 0 Å². The van der Waals surface area contributed by atoms with Crippen molar-refractivity contribution >= 4 is 17.8 Å². The van der Waals surface area contributed by atoms with Crippen LogP contribution in [0.4, 0.5) is 22.0 Å². The predicted molar refractivity (Wildman–Crippen MR) is 136 cm³/mol. The Bertz CT molecular complexity index is 1280. The number of hydrogen-bond acceptors (Lipinski definition) is 6. The van der Waals surface area contributed by atoms with Gasteiger partial charge in [0.1, 0.15) is 29.9 Å². The molecule has 0 spiro atoms. The summed E-state index contributed by atoms with van der Waals surface area (Å²) in [5.41, 5.74) is -1.89. The fourth-order valence-corrected chi connectivity index (χ4v) is 5.35. The lowest BCUT2D eigenvalue weighted by molar-refractivity contribution is -0.146. The van der Waals surface area contributed by atoms with Crippen molar-refractivity contribution in [3.8, 4) is 0 Å². The van der Waals surface area contributed by atoms with Crippen molar-refractivity contribution in [1.82, 2.24) is 14.8 Å². The van der Waals surface area contributed by atoms with Gasteiger partial charge < -0.3 is 14.6 Å². The number of thioether (sulfide) groups is 1. The molecule has 39 heavy (non-hydrogen) atoms. The molecule has 208 valence electrons. The van der Waals surface area contributed by atoms with E-state index >= 15 is 0 Å². The van der Waals surface area contributed by atoms with Gasteiger partial charge in [-0.2, -0.15) is 18.3 Å². The Hall–Kier alpha value is -3.06. The Morgan fingerprint density at radius 3 is 2.44 bits per heavy atom. The number of aliphatic hydroxyl groups is 1. The molecule has 0 saturated carbocycles. The van der Waals surface area contributed by atoms with E-state index in [0.717, 1.165) is 24.3 Å². The van der Waals surface area contributed by atoms with Crippen LogP contribution in [0.3, 0.4) is 0 Å². The van der Waals surface area contributed by atoms with Crippen molar-refractivity contribution < 1.29 is 36.5 Å². The van der Waals surface area contributed by atoms with Gasteiger partial charge in [-0.3, -0.25) is 0 Å². The topological polar surface area (TPSA) is 69.4 Å². The third kappa shape index (κ3) is 7.53. The quantitative estimate of drug-likeness (QED) is 0.268. The average Bonchev–Trinajstić information content (AvgIpc) is 3.40. The highest BCUT2D eigenvalue weighted by atomic mass is 32.2. The van der Waals surface area contributed by atoms with E-state index < -0.39 is 40.5 Å². The van der Waals surface area contributed by atoms with Crippen LogP contribution < -0.4 is 0 Å². The SMILES string of the molecule is C[C@@H](S[C@H]1CO[C@H](C=CC=Cc2ccc(C(F)(F)F)cc2)OC1)[C@](O)(Cn1cncn1)c1ccc(F)cc1F. The molecular formula is C27H26F5N3O3S. The number of benzene rings is 2. The van der Waals surface area contributed by atoms with E-state index in [2.05, 4.69) is 10.1 Å². The number of nitrogens with zero attached hydrogens (tertiary/aromatic N) is 3. The summed E-state index contributed by atoms with van der Waals surface area (Å²) in [5.74, 6) is -1.61. The van der Waals surface area contributed by atoms with E-state index in [1.54, 1.807) is 31.2 Å². The number of allylic oxidation sites excluding steroid dienone is 2. The van der Waals surface area contributed by atoms with E-state index in [-0.39, 0.29) is 30.6 Å². The maximum absolute atomic E-state index is 14.7. The van der Waals surface area contributed by atoms with Gasteiger partial charge in [0.05, 0.1) is 30.6 Å². The van der Waals surface area contributed by atoms with Crippen molar-refractivity contribution in [3.63, 3.8) is 0 Å². The molecule has 0 radical (unpaired) electrons. The smallest absolute Gasteiger partial charge is 0.382 e. The fraction of sp³-hybridized carbons (Fsp3) is 0.333. The molecule has 2 atom stereocenters. The largest absolute Gasteiger partial charge is 0.416 e. The van der Waals surface area contributed by atoms with E-state index in [4.69, 9.17) is 9.47 Å². The minimum atomic E-state index is -4.38. The number of halogens is 5. The Morgan fingerprint density at radius 2 is 1.82 bits per heavy atom. The summed E-state index contributed by atoms with van der Waals surface area (Å²) < 4.78 is 79.1. The molecular weight excluding hydrogens is 541 g/mol. The normalized spacial score (nSPS) is 20.9. The standard InChI is InChI=1S/C27H26F5N3O3S/c1-18(26(36,15-35-17-33-16-34-35)23-11-10-21(28)12-24(23)29)39-22-13-37-25(38-14-22)5-3-2-4-19-6-8-20(9-7-19)27(30,31)32/h2-12,16-18,22,25,36H,13-15H2,1H3/t18-,22-,25-,26-/m1/s1. The molecule has 1 N–H and O–H groups in total. The summed E-state index contributed by atoms with van der Waals surface area (Å²) >= 11 is 1.35. The van der Waals surface area contributed by atoms with Crippen LogP contribution in [0.1, 0.15) is 23.6 Å². The number of hydrogen-bond donors (Lipinski definition) is 1. The molecule has 2 heterocycles. The third-order valence-corrected chi connectivity index (χ3v) is 7.59. The fourth-order valence-electron chi connectivity index (χ4n) is 4.03. The number of rotatable bonds is 9. The Balaban J connectivity index is 1.33. The highest BCUT2D eigenvalue weighted by Crippen LogP contribution is 2.38. The predicted octanol–water partition coefficient (Wildman–Crippen LogP) is 5.60. The zero-order chi connectivity index (χ0) is 28.0. The molecule has 4 rings (SSSR count). The molecule has 1 aromatic heterocycles. The lowest BCUT2D eigenvalue weighted by Crippen LogP contribution is -2.43. The van der Waals surface area contributed by atoms with Crippen LogP contribution in [0.25, 0.3) is 6.08 Å². The maximum Gasteiger partial charge on any atom is 0.416 e. The van der Waals surface area contributed by atoms with Crippen molar-refractivity contribution in [1.29, 1.82) is 0 Å². The highest BCUT2D eigenvalue weighted by molar-refractivity contribution is 8.00. The van der Waals surface area contributed by atoms with Crippen LogP contribution in [-0.4, -0.2) is 49.9 Å². The van der Waals surface area contributed by atoms with Gasteiger partial charge in [-0.15, -0.1) is 11.8 Å². The molecule has 1 aliphatic rings. The molecule has 0 aliphatic carbocycles. The lowest BCUT2D eigenvalue weighted by Gasteiger charge is -2.37. The number of ether oxygens (including phenoxy) is 2. The van der Waals surface area contributed by atoms with Crippen molar-refractivity contribution in [2.45, 2.75) is 42.0 Å². The molecule has 1 saturated heterocycles. The van der Waals surface area contributed by atoms with Crippen LogP contribution in [0.2, 0.25) is 0 Å². The van der Waals surface area contributed by atoms with Crippen molar-refractivity contribution in [2.24, 2.45) is 0 Å². The number of aromatic nitrogens is 3. The molecule has 0 unspecified atom stereocenters. The van der Waals surface area contributed by atoms with Gasteiger partial charge in [0, 0.05) is 16.9 Å². The first-order valence-corrected chi connectivity index (χ1v) is 12.9. The van der Waals surface area contributed by atoms with Gasteiger partial charge in [-0.1, -0.05) is 43.4 Å². The van der Waals surface area contributed by atoms with Crippen LogP contribution in [-0.2, 0) is 27.8 Å². The molecule has 1 fully saturated rings. The zero-order valence-electron chi connectivity index (χ0n) is 20.8. The zero-order valence-corrected chi connectivity index (χ0v) is 21.6. The van der Waals surface area contributed by atoms with Gasteiger partial charge in [-0.05, 0) is 29.8 Å². The average molecular weight is 568 g/mol. The maximum atomic E-state index is 14.7. The Morgan fingerprint density at radius 1 is 1.10 bits per heavy atom.